The molecular weight excluding hydrogens is 554 g/mol. The second kappa shape index (κ2) is 12.4. The Morgan fingerprint density at radius 1 is 1.10 bits per heavy atom. The van der Waals surface area contributed by atoms with Crippen LogP contribution in [-0.2, 0) is 17.6 Å². The number of nitro groups is 1. The molecule has 0 saturated heterocycles. The second-order valence-electron chi connectivity index (χ2n) is 10.2. The summed E-state index contributed by atoms with van der Waals surface area (Å²) in [5.41, 5.74) is 8.50. The van der Waals surface area contributed by atoms with Gasteiger partial charge in [0.15, 0.2) is 12.4 Å². The van der Waals surface area contributed by atoms with E-state index in [0.29, 0.717) is 5.56 Å². The monoisotopic (exact) mass is 585 g/mol. The number of ether oxygens (including phenoxy) is 1. The molecule has 0 bridgehead atoms. The number of nitrogens with zero attached hydrogens (tertiary/aromatic N) is 3. The van der Waals surface area contributed by atoms with E-state index in [1.54, 1.807) is 23.6 Å². The summed E-state index contributed by atoms with van der Waals surface area (Å²) in [4.78, 5) is 37.8. The fourth-order valence-corrected chi connectivity index (χ4v) is 6.58. The fraction of sp³-hybridized carbons (Fsp3) is 0.258. The second-order valence-corrected chi connectivity index (χ2v) is 11.3. The van der Waals surface area contributed by atoms with E-state index in [-0.39, 0.29) is 17.3 Å². The van der Waals surface area contributed by atoms with Gasteiger partial charge in [-0.15, -0.1) is 11.3 Å². The van der Waals surface area contributed by atoms with Crippen LogP contribution in [0.2, 0.25) is 0 Å². The van der Waals surface area contributed by atoms with Crippen LogP contribution in [0.15, 0.2) is 59.7 Å². The molecule has 2 amide bonds. The molecular formula is C31H31N5O5S. The third-order valence-electron chi connectivity index (χ3n) is 7.18. The Kier molecular flexibility index (Phi) is 8.48. The van der Waals surface area contributed by atoms with Gasteiger partial charge < -0.3 is 14.6 Å². The first-order valence-electron chi connectivity index (χ1n) is 13.6. The predicted molar refractivity (Wildman–Crippen MR) is 163 cm³/mol. The van der Waals surface area contributed by atoms with E-state index in [9.17, 15) is 19.7 Å². The van der Waals surface area contributed by atoms with E-state index in [0.717, 1.165) is 64.4 Å². The van der Waals surface area contributed by atoms with Crippen LogP contribution in [0.3, 0.4) is 0 Å². The molecule has 11 heteroatoms. The van der Waals surface area contributed by atoms with E-state index in [1.165, 1.54) is 23.1 Å². The van der Waals surface area contributed by atoms with Crippen LogP contribution in [-0.4, -0.2) is 34.1 Å². The van der Waals surface area contributed by atoms with Crippen molar-refractivity contribution < 1.29 is 19.2 Å². The number of thiophene rings is 1. The smallest absolute Gasteiger partial charge is 0.310 e. The van der Waals surface area contributed by atoms with Gasteiger partial charge in [-0.1, -0.05) is 29.8 Å². The molecule has 1 aliphatic carbocycles. The lowest BCUT2D eigenvalue weighted by atomic mass is 9.95. The van der Waals surface area contributed by atoms with Crippen LogP contribution in [0, 0.1) is 30.9 Å². The largest absolute Gasteiger partial charge is 0.477 e. The predicted octanol–water partition coefficient (Wildman–Crippen LogP) is 6.03. The highest BCUT2D eigenvalue weighted by molar-refractivity contribution is 7.15. The molecule has 2 aromatic carbocycles. The number of amides is 2. The van der Waals surface area contributed by atoms with Gasteiger partial charge in [-0.05, 0) is 76.3 Å². The lowest BCUT2D eigenvalue weighted by Crippen LogP contribution is -2.24. The lowest BCUT2D eigenvalue weighted by molar-refractivity contribution is -0.385. The summed E-state index contributed by atoms with van der Waals surface area (Å²) in [6, 6.07) is 15.6. The molecule has 216 valence electrons. The molecule has 0 saturated carbocycles. The van der Waals surface area contributed by atoms with E-state index in [1.807, 2.05) is 51.1 Å². The summed E-state index contributed by atoms with van der Waals surface area (Å²) >= 11 is 1.66. The van der Waals surface area contributed by atoms with Gasteiger partial charge in [0.1, 0.15) is 5.00 Å². The number of fused-ring (bicyclic) bond motifs is 1. The number of anilines is 1. The van der Waals surface area contributed by atoms with Crippen molar-refractivity contribution in [1.82, 2.24) is 9.99 Å². The third kappa shape index (κ3) is 6.10. The number of carbonyl (C=O) groups excluding carboxylic acids is 2. The number of benzene rings is 2. The van der Waals surface area contributed by atoms with Gasteiger partial charge in [0.2, 0.25) is 0 Å². The van der Waals surface area contributed by atoms with E-state index in [4.69, 9.17) is 4.74 Å². The molecule has 4 aromatic rings. The highest BCUT2D eigenvalue weighted by Gasteiger charge is 2.28. The fourth-order valence-electron chi connectivity index (χ4n) is 5.08. The van der Waals surface area contributed by atoms with Crippen LogP contribution in [0.4, 0.5) is 11.4 Å². The highest BCUT2D eigenvalue weighted by atomic mass is 32.1. The van der Waals surface area contributed by atoms with Gasteiger partial charge in [-0.3, -0.25) is 19.7 Å². The van der Waals surface area contributed by atoms with Crippen LogP contribution >= 0.6 is 11.3 Å². The Balaban J connectivity index is 1.35. The first kappa shape index (κ1) is 28.7. The average molecular weight is 586 g/mol. The number of nitro benzene ring substituents is 1. The summed E-state index contributed by atoms with van der Waals surface area (Å²) in [5, 5.41) is 19.2. The van der Waals surface area contributed by atoms with Crippen molar-refractivity contribution in [3.05, 3.63) is 103 Å². The van der Waals surface area contributed by atoms with E-state index < -0.39 is 17.4 Å². The lowest BCUT2D eigenvalue weighted by Gasteiger charge is -2.14. The number of hydrogen-bond acceptors (Lipinski definition) is 7. The Morgan fingerprint density at radius 3 is 2.60 bits per heavy atom. The van der Waals surface area contributed by atoms with Crippen LogP contribution in [0.25, 0.3) is 5.00 Å². The van der Waals surface area contributed by atoms with E-state index in [2.05, 4.69) is 20.4 Å². The molecule has 0 aliphatic heterocycles. The van der Waals surface area contributed by atoms with Crippen LogP contribution in [0.1, 0.15) is 56.2 Å². The van der Waals surface area contributed by atoms with Gasteiger partial charge in [0, 0.05) is 33.6 Å². The Bertz CT molecular complexity index is 1690. The average Bonchev–Trinajstić information content (AvgIpc) is 3.49. The number of hydrogen-bond donors (Lipinski definition) is 2. The van der Waals surface area contributed by atoms with Crippen molar-refractivity contribution >= 4 is 40.7 Å². The molecule has 0 atom stereocenters. The molecule has 0 spiro atoms. The molecule has 1 aliphatic rings. The van der Waals surface area contributed by atoms with Crippen LogP contribution in [0.5, 0.6) is 5.75 Å². The van der Waals surface area contributed by atoms with Gasteiger partial charge in [0.05, 0.1) is 16.7 Å². The molecule has 2 heterocycles. The zero-order valence-electron chi connectivity index (χ0n) is 23.6. The summed E-state index contributed by atoms with van der Waals surface area (Å²) < 4.78 is 7.40. The van der Waals surface area contributed by atoms with Crippen molar-refractivity contribution in [2.75, 3.05) is 11.9 Å². The minimum absolute atomic E-state index is 0.00559. The van der Waals surface area contributed by atoms with Gasteiger partial charge in [-0.25, -0.2) is 5.43 Å². The molecule has 0 radical (unpaired) electrons. The SMILES string of the molecule is Cc1ccc(NC(=O)c2c(-n3c(C)cc(/C=N/NC(=O)COc4ccccc4[N+](=O)[O-])c3C)sc3c2CCCC3)cc1. The molecule has 10 nitrogen and oxygen atoms in total. The maximum Gasteiger partial charge on any atom is 0.310 e. The van der Waals surface area contributed by atoms with Gasteiger partial charge in [0.25, 0.3) is 11.8 Å². The first-order valence-corrected chi connectivity index (χ1v) is 14.4. The topological polar surface area (TPSA) is 128 Å². The van der Waals surface area contributed by atoms with Crippen LogP contribution < -0.4 is 15.5 Å². The number of hydrazone groups is 1. The standard InChI is InChI=1S/C31H31N5O5S/c1-19-12-14-23(15-13-19)33-30(38)29-24-8-4-7-11-27(24)42-31(29)35-20(2)16-22(21(35)3)17-32-34-28(37)18-41-26-10-6-5-9-25(26)36(39)40/h5-6,9-10,12-17H,4,7-8,11,18H2,1-3H3,(H,33,38)(H,34,37)/b32-17+. The molecule has 0 fully saturated rings. The number of aryl methyl sites for hydroxylation is 3. The minimum Gasteiger partial charge on any atom is -0.477 e. The molecule has 5 rings (SSSR count). The normalized spacial score (nSPS) is 12.6. The molecule has 2 aromatic heterocycles. The third-order valence-corrected chi connectivity index (χ3v) is 8.45. The Hall–Kier alpha value is -4.77. The maximum atomic E-state index is 13.7. The maximum absolute atomic E-state index is 13.7. The van der Waals surface area contributed by atoms with Crippen molar-refractivity contribution in [1.29, 1.82) is 0 Å². The van der Waals surface area contributed by atoms with Crippen molar-refractivity contribution in [2.45, 2.75) is 46.5 Å². The number of para-hydroxylation sites is 2. The summed E-state index contributed by atoms with van der Waals surface area (Å²) in [6.45, 7) is 5.51. The van der Waals surface area contributed by atoms with Crippen molar-refractivity contribution in [3.63, 3.8) is 0 Å². The number of aromatic nitrogens is 1. The Labute approximate surface area is 247 Å². The summed E-state index contributed by atoms with van der Waals surface area (Å²) in [7, 11) is 0. The minimum atomic E-state index is -0.567. The zero-order valence-corrected chi connectivity index (χ0v) is 24.4. The number of rotatable bonds is 9. The summed E-state index contributed by atoms with van der Waals surface area (Å²) in [5.74, 6) is -0.674. The molecule has 42 heavy (non-hydrogen) atoms. The van der Waals surface area contributed by atoms with Gasteiger partial charge in [-0.2, -0.15) is 5.10 Å². The molecule has 2 N–H and O–H groups in total. The first-order chi connectivity index (χ1) is 20.2. The van der Waals surface area contributed by atoms with Crippen molar-refractivity contribution in [2.24, 2.45) is 5.10 Å². The molecule has 0 unspecified atom stereocenters. The summed E-state index contributed by atoms with van der Waals surface area (Å²) in [6.07, 6.45) is 5.53. The quantitative estimate of drug-likeness (QED) is 0.141. The van der Waals surface area contributed by atoms with E-state index >= 15 is 0 Å². The Morgan fingerprint density at radius 2 is 1.83 bits per heavy atom. The zero-order chi connectivity index (χ0) is 29.8. The number of carbonyl (C=O) groups is 2. The van der Waals surface area contributed by atoms with Crippen molar-refractivity contribution in [3.8, 4) is 10.8 Å². The highest BCUT2D eigenvalue weighted by Crippen LogP contribution is 2.39. The van der Waals surface area contributed by atoms with Gasteiger partial charge >= 0.3 is 5.69 Å². The number of nitrogens with one attached hydrogen (secondary N) is 2.